The average Bonchev–Trinajstić information content (AvgIpc) is 2.87. The van der Waals surface area contributed by atoms with Gasteiger partial charge in [0.25, 0.3) is 0 Å². The van der Waals surface area contributed by atoms with E-state index in [0.29, 0.717) is 12.3 Å². The monoisotopic (exact) mass is 273 g/mol. The molecule has 0 radical (unpaired) electrons. The van der Waals surface area contributed by atoms with Crippen molar-refractivity contribution in [1.82, 2.24) is 10.2 Å². The highest BCUT2D eigenvalue weighted by molar-refractivity contribution is 5.15. The van der Waals surface area contributed by atoms with E-state index in [-0.39, 0.29) is 11.5 Å². The normalized spacial score (nSPS) is 40.0. The number of aromatic nitrogens is 2. The van der Waals surface area contributed by atoms with Gasteiger partial charge in [0.2, 0.25) is 11.8 Å². The molecule has 20 heavy (non-hydrogen) atoms. The molecule has 1 aromatic heterocycles. The third-order valence-corrected chi connectivity index (χ3v) is 5.67. The third kappa shape index (κ3) is 1.85. The molecule has 4 aliphatic carbocycles. The topological polar surface area (TPSA) is 64.9 Å². The van der Waals surface area contributed by atoms with Gasteiger partial charge in [0.05, 0.1) is 6.04 Å². The van der Waals surface area contributed by atoms with Crippen LogP contribution in [0.1, 0.15) is 62.8 Å². The summed E-state index contributed by atoms with van der Waals surface area (Å²) in [7, 11) is 0. The lowest BCUT2D eigenvalue weighted by Crippen LogP contribution is -2.48. The predicted molar refractivity (Wildman–Crippen MR) is 75.9 cm³/mol. The summed E-state index contributed by atoms with van der Waals surface area (Å²) >= 11 is 0. The molecule has 4 nitrogen and oxygen atoms in total. The van der Waals surface area contributed by atoms with E-state index in [1.807, 2.05) is 0 Å². The molecule has 1 aromatic rings. The molecule has 5 rings (SSSR count). The van der Waals surface area contributed by atoms with Gasteiger partial charge in [-0.05, 0) is 62.7 Å². The predicted octanol–water partition coefficient (Wildman–Crippen LogP) is 3.11. The van der Waals surface area contributed by atoms with Crippen molar-refractivity contribution >= 4 is 0 Å². The maximum atomic E-state index is 6.04. The quantitative estimate of drug-likeness (QED) is 0.856. The standard InChI is InChI=1S/C16H23N3O/c1-2-3-13(17)14-18-19-15(20-14)16-7-10-4-11(8-16)6-12(5-10)9-16/h2,10-13H,1,3-9,17H2. The molecule has 4 aliphatic rings. The zero-order valence-electron chi connectivity index (χ0n) is 11.9. The Morgan fingerprint density at radius 1 is 1.20 bits per heavy atom. The van der Waals surface area contributed by atoms with Crippen LogP contribution in [0, 0.1) is 17.8 Å². The fourth-order valence-corrected chi connectivity index (χ4v) is 5.25. The van der Waals surface area contributed by atoms with Crippen LogP contribution < -0.4 is 5.73 Å². The molecule has 108 valence electrons. The van der Waals surface area contributed by atoms with Gasteiger partial charge in [-0.15, -0.1) is 16.8 Å². The largest absolute Gasteiger partial charge is 0.423 e. The molecular weight excluding hydrogens is 250 g/mol. The highest BCUT2D eigenvalue weighted by atomic mass is 16.4. The number of hydrogen-bond acceptors (Lipinski definition) is 4. The minimum atomic E-state index is -0.206. The van der Waals surface area contributed by atoms with Gasteiger partial charge in [0.1, 0.15) is 0 Å². The molecule has 0 aromatic carbocycles. The van der Waals surface area contributed by atoms with E-state index in [2.05, 4.69) is 16.8 Å². The lowest BCUT2D eigenvalue weighted by Gasteiger charge is -2.55. The van der Waals surface area contributed by atoms with Gasteiger partial charge in [-0.3, -0.25) is 0 Å². The molecule has 0 amide bonds. The Labute approximate surface area is 119 Å². The van der Waals surface area contributed by atoms with Gasteiger partial charge in [-0.25, -0.2) is 0 Å². The van der Waals surface area contributed by atoms with Crippen LogP contribution in [0.3, 0.4) is 0 Å². The molecule has 4 heteroatoms. The molecule has 0 aliphatic heterocycles. The van der Waals surface area contributed by atoms with Crippen LogP contribution in [0.5, 0.6) is 0 Å². The van der Waals surface area contributed by atoms with Crippen molar-refractivity contribution in [1.29, 1.82) is 0 Å². The van der Waals surface area contributed by atoms with Crippen molar-refractivity contribution in [3.63, 3.8) is 0 Å². The highest BCUT2D eigenvalue weighted by Gasteiger charge is 2.54. The maximum absolute atomic E-state index is 6.04. The first-order valence-corrected chi connectivity index (χ1v) is 7.89. The zero-order valence-corrected chi connectivity index (χ0v) is 11.9. The lowest BCUT2D eigenvalue weighted by molar-refractivity contribution is -0.0183. The first-order chi connectivity index (χ1) is 9.68. The molecule has 1 unspecified atom stereocenters. The first-order valence-electron chi connectivity index (χ1n) is 7.89. The maximum Gasteiger partial charge on any atom is 0.233 e. The van der Waals surface area contributed by atoms with Gasteiger partial charge in [0.15, 0.2) is 0 Å². The average molecular weight is 273 g/mol. The van der Waals surface area contributed by atoms with E-state index in [4.69, 9.17) is 10.2 Å². The van der Waals surface area contributed by atoms with Crippen molar-refractivity contribution in [2.24, 2.45) is 23.5 Å². The Kier molecular flexibility index (Phi) is 2.78. The molecular formula is C16H23N3O. The van der Waals surface area contributed by atoms with E-state index in [9.17, 15) is 0 Å². The molecule has 4 bridgehead atoms. The summed E-state index contributed by atoms with van der Waals surface area (Å²) in [6, 6.07) is -0.206. The third-order valence-electron chi connectivity index (χ3n) is 5.67. The fraction of sp³-hybridized carbons (Fsp3) is 0.750. The van der Waals surface area contributed by atoms with Gasteiger partial charge < -0.3 is 10.2 Å². The van der Waals surface area contributed by atoms with Crippen LogP contribution >= 0.6 is 0 Å². The van der Waals surface area contributed by atoms with Crippen LogP contribution in [-0.4, -0.2) is 10.2 Å². The molecule has 0 saturated heterocycles. The number of nitrogens with two attached hydrogens (primary N) is 1. The van der Waals surface area contributed by atoms with Crippen LogP contribution in [-0.2, 0) is 5.41 Å². The molecule has 1 atom stereocenters. The van der Waals surface area contributed by atoms with Crippen LogP contribution in [0.4, 0.5) is 0 Å². The summed E-state index contributed by atoms with van der Waals surface area (Å²) in [6.45, 7) is 3.72. The number of hydrogen-bond donors (Lipinski definition) is 1. The Balaban J connectivity index is 1.62. The van der Waals surface area contributed by atoms with E-state index in [1.54, 1.807) is 6.08 Å². The van der Waals surface area contributed by atoms with Crippen molar-refractivity contribution in [2.75, 3.05) is 0 Å². The second-order valence-electron chi connectivity index (χ2n) is 7.27. The van der Waals surface area contributed by atoms with E-state index in [0.717, 1.165) is 23.6 Å². The van der Waals surface area contributed by atoms with Gasteiger partial charge in [0, 0.05) is 5.41 Å². The van der Waals surface area contributed by atoms with Crippen LogP contribution in [0.25, 0.3) is 0 Å². The summed E-state index contributed by atoms with van der Waals surface area (Å²) in [5, 5.41) is 8.58. The zero-order chi connectivity index (χ0) is 13.7. The lowest BCUT2D eigenvalue weighted by atomic mass is 9.49. The van der Waals surface area contributed by atoms with Gasteiger partial charge in [-0.2, -0.15) is 0 Å². The van der Waals surface area contributed by atoms with Gasteiger partial charge in [-0.1, -0.05) is 6.08 Å². The van der Waals surface area contributed by atoms with Gasteiger partial charge >= 0.3 is 0 Å². The van der Waals surface area contributed by atoms with Crippen molar-refractivity contribution < 1.29 is 4.42 Å². The smallest absolute Gasteiger partial charge is 0.233 e. The Hall–Kier alpha value is -1.16. The van der Waals surface area contributed by atoms with Crippen molar-refractivity contribution in [3.8, 4) is 0 Å². The van der Waals surface area contributed by atoms with E-state index < -0.39 is 0 Å². The Morgan fingerprint density at radius 2 is 1.80 bits per heavy atom. The number of rotatable bonds is 4. The summed E-state index contributed by atoms with van der Waals surface area (Å²) < 4.78 is 5.99. The fourth-order valence-electron chi connectivity index (χ4n) is 5.25. The van der Waals surface area contributed by atoms with E-state index >= 15 is 0 Å². The second kappa shape index (κ2) is 4.42. The highest BCUT2D eigenvalue weighted by Crippen LogP contribution is 2.60. The molecule has 2 N–H and O–H groups in total. The second-order valence-corrected chi connectivity index (χ2v) is 7.27. The molecule has 0 spiro atoms. The van der Waals surface area contributed by atoms with E-state index in [1.165, 1.54) is 38.5 Å². The molecule has 4 saturated carbocycles. The summed E-state index contributed by atoms with van der Waals surface area (Å²) in [5.41, 5.74) is 6.22. The summed E-state index contributed by atoms with van der Waals surface area (Å²) in [5.74, 6) is 4.11. The Bertz CT molecular complexity index is 486. The van der Waals surface area contributed by atoms with Crippen molar-refractivity contribution in [3.05, 3.63) is 24.4 Å². The number of nitrogens with zero attached hydrogens (tertiary/aromatic N) is 2. The minimum absolute atomic E-state index is 0.175. The molecule has 1 heterocycles. The van der Waals surface area contributed by atoms with Crippen LogP contribution in [0.15, 0.2) is 17.1 Å². The first kappa shape index (κ1) is 12.6. The summed E-state index contributed by atoms with van der Waals surface area (Å²) in [4.78, 5) is 0. The molecule has 4 fully saturated rings. The summed E-state index contributed by atoms with van der Waals surface area (Å²) in [6.07, 6.45) is 10.5. The van der Waals surface area contributed by atoms with Crippen LogP contribution in [0.2, 0.25) is 0 Å². The Morgan fingerprint density at radius 3 is 2.35 bits per heavy atom. The minimum Gasteiger partial charge on any atom is -0.423 e. The SMILES string of the molecule is C=CCC(N)c1nnc(C23CC4CC(CC(C4)C2)C3)o1. The van der Waals surface area contributed by atoms with Crippen molar-refractivity contribution in [2.45, 2.75) is 56.4 Å².